The third kappa shape index (κ3) is 5.07. The molecule has 4 N–H and O–H groups in total. The zero-order valence-electron chi connectivity index (χ0n) is 18.4. The molecule has 2 aliphatic heterocycles. The van der Waals surface area contributed by atoms with E-state index in [2.05, 4.69) is 31.2 Å². The van der Waals surface area contributed by atoms with Crippen molar-refractivity contribution in [2.45, 2.75) is 44.5 Å². The highest BCUT2D eigenvalue weighted by Gasteiger charge is 2.46. The number of nitrogens with zero attached hydrogens (tertiary/aromatic N) is 3. The monoisotopic (exact) mass is 543 g/mol. The maximum absolute atomic E-state index is 14.0. The van der Waals surface area contributed by atoms with Gasteiger partial charge in [0.15, 0.2) is 0 Å². The number of aliphatic carboxylic acids is 1. The third-order valence-corrected chi connectivity index (χ3v) is 7.27. The number of ether oxygens (including phenoxy) is 1. The van der Waals surface area contributed by atoms with E-state index in [4.69, 9.17) is 10.5 Å². The Labute approximate surface area is 202 Å². The number of piperidine rings is 1. The molecule has 2 atom stereocenters. The number of benzene rings is 1. The summed E-state index contributed by atoms with van der Waals surface area (Å²) in [5, 5.41) is 12.3. The molecule has 0 aliphatic carbocycles. The second-order valence-electron chi connectivity index (χ2n) is 8.90. The number of rotatable bonds is 5. The van der Waals surface area contributed by atoms with E-state index in [1.54, 1.807) is 19.1 Å². The number of anilines is 2. The summed E-state index contributed by atoms with van der Waals surface area (Å²) in [6.45, 7) is 3.33. The molecular weight excluding hydrogens is 519 g/mol. The molecule has 1 aromatic heterocycles. The van der Waals surface area contributed by atoms with Crippen molar-refractivity contribution < 1.29 is 27.8 Å². The van der Waals surface area contributed by atoms with Crippen molar-refractivity contribution in [2.75, 3.05) is 30.3 Å². The van der Waals surface area contributed by atoms with Crippen LogP contribution in [0.5, 0.6) is 5.88 Å². The van der Waals surface area contributed by atoms with Crippen molar-refractivity contribution in [1.82, 2.24) is 15.3 Å². The van der Waals surface area contributed by atoms with E-state index < -0.39 is 24.3 Å². The predicted molar refractivity (Wildman–Crippen MR) is 123 cm³/mol. The van der Waals surface area contributed by atoms with Gasteiger partial charge in [0.2, 0.25) is 17.9 Å². The zero-order chi connectivity index (χ0) is 24.7. The molecule has 2 saturated heterocycles. The van der Waals surface area contributed by atoms with Gasteiger partial charge in [-0.05, 0) is 43.2 Å². The average Bonchev–Trinajstić information content (AvgIpc) is 3.16. The molecular formula is C22H25BrF3N5O3. The molecule has 2 aromatic rings. The van der Waals surface area contributed by atoms with Crippen LogP contribution in [0.4, 0.5) is 24.9 Å². The van der Waals surface area contributed by atoms with Crippen LogP contribution in [0.3, 0.4) is 0 Å². The molecule has 1 unspecified atom stereocenters. The molecule has 1 aromatic carbocycles. The lowest BCUT2D eigenvalue weighted by Gasteiger charge is -2.39. The molecule has 0 saturated carbocycles. The van der Waals surface area contributed by atoms with Gasteiger partial charge in [-0.1, -0.05) is 28.1 Å². The van der Waals surface area contributed by atoms with E-state index in [9.17, 15) is 23.1 Å². The fourth-order valence-corrected chi connectivity index (χ4v) is 5.40. The van der Waals surface area contributed by atoms with Crippen molar-refractivity contribution >= 4 is 33.7 Å². The Hall–Kier alpha value is -2.60. The van der Waals surface area contributed by atoms with Crippen molar-refractivity contribution in [2.24, 2.45) is 5.41 Å². The third-order valence-electron chi connectivity index (χ3n) is 6.58. The molecule has 2 aliphatic rings. The van der Waals surface area contributed by atoms with E-state index in [0.717, 1.165) is 12.8 Å². The number of carboxylic acid groups (broad SMARTS) is 1. The number of hydrogen-bond donors (Lipinski definition) is 3. The summed E-state index contributed by atoms with van der Waals surface area (Å²) in [5.74, 6) is -0.938. The van der Waals surface area contributed by atoms with Crippen LogP contribution in [0.1, 0.15) is 36.5 Å². The van der Waals surface area contributed by atoms with Crippen LogP contribution < -0.4 is 20.7 Å². The Kier molecular flexibility index (Phi) is 6.65. The second-order valence-corrected chi connectivity index (χ2v) is 9.75. The second kappa shape index (κ2) is 9.21. The summed E-state index contributed by atoms with van der Waals surface area (Å²) < 4.78 is 47.6. The molecule has 1 spiro atoms. The van der Waals surface area contributed by atoms with Crippen LogP contribution in [0.15, 0.2) is 28.7 Å². The first-order chi connectivity index (χ1) is 16.0. The van der Waals surface area contributed by atoms with Gasteiger partial charge in [-0.2, -0.15) is 23.1 Å². The number of aryl methyl sites for hydroxylation is 1. The smallest absolute Gasteiger partial charge is 0.429 e. The Morgan fingerprint density at radius 3 is 2.65 bits per heavy atom. The summed E-state index contributed by atoms with van der Waals surface area (Å²) >= 11 is 3.20. The van der Waals surface area contributed by atoms with Gasteiger partial charge in [0.25, 0.3) is 0 Å². The van der Waals surface area contributed by atoms with Gasteiger partial charge in [0.05, 0.1) is 0 Å². The molecule has 0 radical (unpaired) electrons. The van der Waals surface area contributed by atoms with Crippen molar-refractivity contribution in [1.29, 1.82) is 0 Å². The first-order valence-corrected chi connectivity index (χ1v) is 11.6. The van der Waals surface area contributed by atoms with Gasteiger partial charge in [0.1, 0.15) is 11.9 Å². The maximum atomic E-state index is 14.0. The summed E-state index contributed by atoms with van der Waals surface area (Å²) in [4.78, 5) is 21.3. The van der Waals surface area contributed by atoms with Gasteiger partial charge in [0, 0.05) is 35.7 Å². The quantitative estimate of drug-likeness (QED) is 0.521. The van der Waals surface area contributed by atoms with Crippen LogP contribution in [-0.4, -0.2) is 52.9 Å². The van der Waals surface area contributed by atoms with Crippen molar-refractivity contribution in [3.63, 3.8) is 0 Å². The summed E-state index contributed by atoms with van der Waals surface area (Å²) in [6, 6.07) is 5.57. The highest BCUT2D eigenvalue weighted by atomic mass is 79.9. The SMILES string of the molecule is Cc1cccc(Br)c1C(Oc1cc(N2CCC3(CC2)CN[C@H](C(=O)O)C3)nc(N)n1)C(F)(F)F. The normalized spacial score (nSPS) is 21.0. The topological polar surface area (TPSA) is 114 Å². The van der Waals surface area contributed by atoms with E-state index in [0.29, 0.717) is 37.4 Å². The molecule has 0 amide bonds. The largest absolute Gasteiger partial charge is 0.480 e. The number of carboxylic acids is 1. The molecule has 8 nitrogen and oxygen atoms in total. The molecule has 3 heterocycles. The first-order valence-electron chi connectivity index (χ1n) is 10.8. The van der Waals surface area contributed by atoms with E-state index in [-0.39, 0.29) is 27.3 Å². The number of carbonyl (C=O) groups is 1. The van der Waals surface area contributed by atoms with Crippen LogP contribution in [-0.2, 0) is 4.79 Å². The van der Waals surface area contributed by atoms with Crippen molar-refractivity contribution in [3.05, 3.63) is 39.9 Å². The van der Waals surface area contributed by atoms with Gasteiger partial charge in [-0.3, -0.25) is 4.79 Å². The Bertz CT molecular complexity index is 1060. The lowest BCUT2D eigenvalue weighted by Crippen LogP contribution is -2.41. The number of nitrogens with one attached hydrogen (secondary N) is 1. The van der Waals surface area contributed by atoms with Gasteiger partial charge < -0.3 is 25.8 Å². The minimum Gasteiger partial charge on any atom is -0.480 e. The Morgan fingerprint density at radius 1 is 1.35 bits per heavy atom. The zero-order valence-corrected chi connectivity index (χ0v) is 20.0. The lowest BCUT2D eigenvalue weighted by molar-refractivity contribution is -0.199. The lowest BCUT2D eigenvalue weighted by atomic mass is 9.76. The maximum Gasteiger partial charge on any atom is 0.429 e. The van der Waals surface area contributed by atoms with E-state index in [1.807, 2.05) is 4.90 Å². The van der Waals surface area contributed by atoms with Crippen LogP contribution >= 0.6 is 15.9 Å². The molecule has 0 bridgehead atoms. The summed E-state index contributed by atoms with van der Waals surface area (Å²) in [5.41, 5.74) is 6.10. The number of hydrogen-bond acceptors (Lipinski definition) is 7. The number of nitrogen functional groups attached to an aromatic ring is 1. The number of aromatic nitrogens is 2. The molecule has 12 heteroatoms. The number of halogens is 4. The summed E-state index contributed by atoms with van der Waals surface area (Å²) in [7, 11) is 0. The molecule has 2 fully saturated rings. The summed E-state index contributed by atoms with van der Waals surface area (Å²) in [6.07, 6.45) is -4.93. The standard InChI is InChI=1S/C22H25BrF3N5O3/c1-12-3-2-4-13(23)17(12)18(22(24,25)26)34-16-9-15(29-20(27)30-16)31-7-5-21(6-8-31)10-14(19(32)33)28-11-21/h2-4,9,14,18,28H,5-8,10-11H2,1H3,(H,32,33)(H2,27,29,30)/t14-,18?/m0/s1. The predicted octanol–water partition coefficient (Wildman–Crippen LogP) is 3.85. The van der Waals surface area contributed by atoms with Crippen LogP contribution in [0.2, 0.25) is 0 Å². The van der Waals surface area contributed by atoms with Crippen molar-refractivity contribution in [3.8, 4) is 5.88 Å². The average molecular weight is 544 g/mol. The first kappa shape index (κ1) is 24.5. The highest BCUT2D eigenvalue weighted by molar-refractivity contribution is 9.10. The molecule has 34 heavy (non-hydrogen) atoms. The number of alkyl halides is 3. The van der Waals surface area contributed by atoms with E-state index >= 15 is 0 Å². The molecule has 184 valence electrons. The minimum atomic E-state index is -4.69. The number of nitrogens with two attached hydrogens (primary N) is 1. The fraction of sp³-hybridized carbons (Fsp3) is 0.500. The fourth-order valence-electron chi connectivity index (χ4n) is 4.72. The van der Waals surface area contributed by atoms with Gasteiger partial charge in [-0.15, -0.1) is 0 Å². The minimum absolute atomic E-state index is 0.0321. The molecule has 4 rings (SSSR count). The van der Waals surface area contributed by atoms with Gasteiger partial charge in [-0.25, -0.2) is 0 Å². The van der Waals surface area contributed by atoms with E-state index in [1.165, 1.54) is 12.1 Å². The Balaban J connectivity index is 1.54. The van der Waals surface area contributed by atoms with Crippen LogP contribution in [0.25, 0.3) is 0 Å². The van der Waals surface area contributed by atoms with Crippen LogP contribution in [0, 0.1) is 12.3 Å². The highest BCUT2D eigenvalue weighted by Crippen LogP contribution is 2.43. The van der Waals surface area contributed by atoms with Gasteiger partial charge >= 0.3 is 12.1 Å². The Morgan fingerprint density at radius 2 is 2.06 bits per heavy atom.